The van der Waals surface area contributed by atoms with Crippen LogP contribution in [0.5, 0.6) is 0 Å². The van der Waals surface area contributed by atoms with E-state index in [4.69, 9.17) is 5.73 Å². The number of rotatable bonds is 5. The molecule has 7 heteroatoms. The Morgan fingerprint density at radius 2 is 2.30 bits per heavy atom. The molecule has 0 unspecified atom stereocenters. The van der Waals surface area contributed by atoms with Gasteiger partial charge in [0.15, 0.2) is 5.69 Å². The first-order valence-electron chi connectivity index (χ1n) is 6.52. The predicted molar refractivity (Wildman–Crippen MR) is 80.0 cm³/mol. The van der Waals surface area contributed by atoms with Gasteiger partial charge in [0.2, 0.25) is 0 Å². The number of aromatic nitrogens is 3. The van der Waals surface area contributed by atoms with Crippen LogP contribution in [0.2, 0.25) is 0 Å². The molecule has 0 radical (unpaired) electrons. The SMILES string of the molecule is Cc1nc(CCNC(=O)c2n[nH]c(C(C)C)c2N)cs1. The standard InChI is InChI=1S/C13H19N5OS/c1-7(2)11-10(14)12(18-17-11)13(19)15-5-4-9-6-20-8(3)16-9/h6-7H,4-5,14H2,1-3H3,(H,15,19)(H,17,18). The summed E-state index contributed by atoms with van der Waals surface area (Å²) in [5.41, 5.74) is 8.41. The van der Waals surface area contributed by atoms with Crippen LogP contribution in [0.4, 0.5) is 5.69 Å². The molecule has 0 aliphatic heterocycles. The minimum Gasteiger partial charge on any atom is -0.395 e. The highest BCUT2D eigenvalue weighted by Gasteiger charge is 2.18. The van der Waals surface area contributed by atoms with E-state index < -0.39 is 0 Å². The van der Waals surface area contributed by atoms with Crippen molar-refractivity contribution in [2.45, 2.75) is 33.1 Å². The maximum atomic E-state index is 12.0. The summed E-state index contributed by atoms with van der Waals surface area (Å²) in [5.74, 6) is -0.0420. The van der Waals surface area contributed by atoms with Gasteiger partial charge >= 0.3 is 0 Å². The maximum Gasteiger partial charge on any atom is 0.273 e. The minimum atomic E-state index is -0.252. The van der Waals surface area contributed by atoms with Crippen molar-refractivity contribution in [2.24, 2.45) is 0 Å². The average molecular weight is 293 g/mol. The number of anilines is 1. The van der Waals surface area contributed by atoms with Gasteiger partial charge in [-0.15, -0.1) is 11.3 Å². The topological polar surface area (TPSA) is 96.7 Å². The van der Waals surface area contributed by atoms with Crippen LogP contribution in [-0.4, -0.2) is 27.6 Å². The first-order valence-corrected chi connectivity index (χ1v) is 7.40. The van der Waals surface area contributed by atoms with E-state index in [0.717, 1.165) is 16.4 Å². The molecule has 6 nitrogen and oxygen atoms in total. The van der Waals surface area contributed by atoms with Gasteiger partial charge < -0.3 is 11.1 Å². The number of hydrogen-bond acceptors (Lipinski definition) is 5. The van der Waals surface area contributed by atoms with Gasteiger partial charge in [0, 0.05) is 18.3 Å². The van der Waals surface area contributed by atoms with Crippen LogP contribution in [0.15, 0.2) is 5.38 Å². The third-order valence-electron chi connectivity index (χ3n) is 2.96. The lowest BCUT2D eigenvalue weighted by Crippen LogP contribution is -2.26. The number of nitrogens with one attached hydrogen (secondary N) is 2. The van der Waals surface area contributed by atoms with Crippen LogP contribution in [0.3, 0.4) is 0 Å². The second kappa shape index (κ2) is 6.04. The monoisotopic (exact) mass is 293 g/mol. The number of amides is 1. The fraction of sp³-hybridized carbons (Fsp3) is 0.462. The largest absolute Gasteiger partial charge is 0.395 e. The molecule has 0 saturated carbocycles. The Labute approximate surface area is 121 Å². The molecule has 2 aromatic heterocycles. The fourth-order valence-corrected chi connectivity index (χ4v) is 2.54. The molecule has 0 fully saturated rings. The summed E-state index contributed by atoms with van der Waals surface area (Å²) in [5, 5.41) is 12.7. The van der Waals surface area contributed by atoms with Crippen molar-refractivity contribution >= 4 is 22.9 Å². The summed E-state index contributed by atoms with van der Waals surface area (Å²) in [4.78, 5) is 16.4. The predicted octanol–water partition coefficient (Wildman–Crippen LogP) is 1.85. The van der Waals surface area contributed by atoms with E-state index in [1.165, 1.54) is 0 Å². The van der Waals surface area contributed by atoms with E-state index in [1.54, 1.807) is 11.3 Å². The van der Waals surface area contributed by atoms with Crippen LogP contribution in [-0.2, 0) is 6.42 Å². The summed E-state index contributed by atoms with van der Waals surface area (Å²) < 4.78 is 0. The number of carbonyl (C=O) groups is 1. The molecule has 108 valence electrons. The van der Waals surface area contributed by atoms with Gasteiger partial charge in [-0.3, -0.25) is 9.89 Å². The number of hydrogen-bond donors (Lipinski definition) is 3. The Morgan fingerprint density at radius 3 is 2.85 bits per heavy atom. The Balaban J connectivity index is 1.92. The molecule has 2 aromatic rings. The molecule has 2 heterocycles. The maximum absolute atomic E-state index is 12.0. The van der Waals surface area contributed by atoms with E-state index in [2.05, 4.69) is 20.5 Å². The number of thiazole rings is 1. The molecule has 0 atom stereocenters. The molecular formula is C13H19N5OS. The molecule has 20 heavy (non-hydrogen) atoms. The molecule has 2 rings (SSSR count). The number of nitrogens with zero attached hydrogens (tertiary/aromatic N) is 2. The highest BCUT2D eigenvalue weighted by Crippen LogP contribution is 2.21. The highest BCUT2D eigenvalue weighted by molar-refractivity contribution is 7.09. The van der Waals surface area contributed by atoms with Crippen LogP contribution in [0.1, 0.15) is 46.6 Å². The van der Waals surface area contributed by atoms with E-state index in [0.29, 0.717) is 18.7 Å². The van der Waals surface area contributed by atoms with Gasteiger partial charge in [0.05, 0.1) is 22.1 Å². The zero-order valence-electron chi connectivity index (χ0n) is 11.9. The summed E-state index contributed by atoms with van der Waals surface area (Å²) in [7, 11) is 0. The smallest absolute Gasteiger partial charge is 0.273 e. The highest BCUT2D eigenvalue weighted by atomic mass is 32.1. The second-order valence-electron chi connectivity index (χ2n) is 4.92. The lowest BCUT2D eigenvalue weighted by Gasteiger charge is -2.04. The normalized spacial score (nSPS) is 11.0. The minimum absolute atomic E-state index is 0.210. The Morgan fingerprint density at radius 1 is 1.55 bits per heavy atom. The number of aromatic amines is 1. The van der Waals surface area contributed by atoms with Crippen LogP contribution in [0.25, 0.3) is 0 Å². The van der Waals surface area contributed by atoms with E-state index in [-0.39, 0.29) is 17.5 Å². The molecule has 0 saturated heterocycles. The molecule has 4 N–H and O–H groups in total. The quantitative estimate of drug-likeness (QED) is 0.783. The Kier molecular flexibility index (Phi) is 4.39. The third-order valence-corrected chi connectivity index (χ3v) is 3.78. The number of aryl methyl sites for hydroxylation is 1. The summed E-state index contributed by atoms with van der Waals surface area (Å²) in [6, 6.07) is 0. The zero-order chi connectivity index (χ0) is 14.7. The molecular weight excluding hydrogens is 274 g/mol. The fourth-order valence-electron chi connectivity index (χ4n) is 1.89. The van der Waals surface area contributed by atoms with Crippen molar-refractivity contribution in [2.75, 3.05) is 12.3 Å². The first-order chi connectivity index (χ1) is 9.49. The molecule has 0 aliphatic rings. The van der Waals surface area contributed by atoms with Crippen molar-refractivity contribution in [3.05, 3.63) is 27.5 Å². The van der Waals surface area contributed by atoms with Crippen molar-refractivity contribution in [1.29, 1.82) is 0 Å². The molecule has 1 amide bonds. The van der Waals surface area contributed by atoms with Crippen molar-refractivity contribution in [3.63, 3.8) is 0 Å². The molecule has 0 bridgehead atoms. The lowest BCUT2D eigenvalue weighted by molar-refractivity contribution is 0.0950. The molecule has 0 aromatic carbocycles. The zero-order valence-corrected chi connectivity index (χ0v) is 12.7. The van der Waals surface area contributed by atoms with E-state index >= 15 is 0 Å². The second-order valence-corrected chi connectivity index (χ2v) is 5.98. The van der Waals surface area contributed by atoms with Gasteiger partial charge in [-0.1, -0.05) is 13.8 Å². The summed E-state index contributed by atoms with van der Waals surface area (Å²) in [6.07, 6.45) is 0.706. The van der Waals surface area contributed by atoms with E-state index in [9.17, 15) is 4.79 Å². The number of H-pyrrole nitrogens is 1. The Bertz CT molecular complexity index is 602. The molecule has 0 aliphatic carbocycles. The van der Waals surface area contributed by atoms with Gasteiger partial charge in [-0.2, -0.15) is 5.10 Å². The number of nitrogens with two attached hydrogens (primary N) is 1. The first kappa shape index (κ1) is 14.5. The van der Waals surface area contributed by atoms with Crippen molar-refractivity contribution in [3.8, 4) is 0 Å². The van der Waals surface area contributed by atoms with Gasteiger partial charge in [-0.25, -0.2) is 4.98 Å². The number of nitrogen functional groups attached to an aromatic ring is 1. The lowest BCUT2D eigenvalue weighted by atomic mass is 10.1. The Hall–Kier alpha value is -1.89. The van der Waals surface area contributed by atoms with Crippen molar-refractivity contribution < 1.29 is 4.79 Å². The molecule has 0 spiro atoms. The third kappa shape index (κ3) is 3.16. The van der Waals surface area contributed by atoms with Crippen molar-refractivity contribution in [1.82, 2.24) is 20.5 Å². The van der Waals surface area contributed by atoms with Gasteiger partial charge in [0.25, 0.3) is 5.91 Å². The summed E-state index contributed by atoms with van der Waals surface area (Å²) in [6.45, 7) is 6.47. The van der Waals surface area contributed by atoms with Gasteiger partial charge in [0.1, 0.15) is 0 Å². The van der Waals surface area contributed by atoms with Crippen LogP contribution >= 0.6 is 11.3 Å². The van der Waals surface area contributed by atoms with Crippen LogP contribution < -0.4 is 11.1 Å². The summed E-state index contributed by atoms with van der Waals surface area (Å²) >= 11 is 1.61. The van der Waals surface area contributed by atoms with E-state index in [1.807, 2.05) is 26.2 Å². The van der Waals surface area contributed by atoms with Gasteiger partial charge in [-0.05, 0) is 12.8 Å². The average Bonchev–Trinajstić information content (AvgIpc) is 2.95. The number of carbonyl (C=O) groups excluding carboxylic acids is 1. The van der Waals surface area contributed by atoms with Crippen LogP contribution in [0, 0.1) is 6.92 Å².